The molecule has 1 saturated carbocycles. The van der Waals surface area contributed by atoms with Gasteiger partial charge < -0.3 is 35.2 Å². The number of hydrogen-bond acceptors (Lipinski definition) is 11. The lowest BCUT2D eigenvalue weighted by atomic mass is 9.50. The molecule has 1 aromatic carbocycles. The van der Waals surface area contributed by atoms with Gasteiger partial charge in [0.05, 0.1) is 43.0 Å². The number of phenolic OH excluding ortho intramolecular Hbond substituents is 1. The number of hydrogen-bond donors (Lipinski definition) is 3. The van der Waals surface area contributed by atoms with Crippen molar-refractivity contribution in [2.45, 2.75) is 36.4 Å². The van der Waals surface area contributed by atoms with E-state index in [1.165, 1.54) is 50.0 Å². The van der Waals surface area contributed by atoms with Crippen molar-refractivity contribution >= 4 is 23.7 Å². The summed E-state index contributed by atoms with van der Waals surface area (Å²) in [5.41, 5.74) is 11.3. The quantitative estimate of drug-likeness (QED) is 0.400. The number of carbonyl (C=O) groups excluding carboxylic acids is 4. The number of ketones is 1. The molecule has 1 aliphatic heterocycles. The van der Waals surface area contributed by atoms with Crippen LogP contribution in [0.1, 0.15) is 41.3 Å². The third-order valence-electron chi connectivity index (χ3n) is 7.73. The number of carbonyl (C=O) groups is 4. The SMILES string of the molecule is COC(=O)[C@@H]1C=C(OC(=O)c2cccc(O)c2)C(=O)[C@H]2[C@@]1(N)CC[C@H]1C(=O)O[C@H](c3ccoc3)C[C@]21N. The van der Waals surface area contributed by atoms with Crippen molar-refractivity contribution in [2.24, 2.45) is 29.2 Å². The monoisotopic (exact) mass is 510 g/mol. The first kappa shape index (κ1) is 24.7. The normalized spacial score (nSPS) is 32.9. The number of Topliss-reactive ketones (excluding diaryl/α,β-unsaturated/α-hetero) is 1. The van der Waals surface area contributed by atoms with Crippen LogP contribution in [0, 0.1) is 17.8 Å². The summed E-state index contributed by atoms with van der Waals surface area (Å²) < 4.78 is 21.1. The van der Waals surface area contributed by atoms with Crippen LogP contribution >= 0.6 is 0 Å². The van der Waals surface area contributed by atoms with Crippen LogP contribution in [0.25, 0.3) is 0 Å². The van der Waals surface area contributed by atoms with E-state index >= 15 is 0 Å². The highest BCUT2D eigenvalue weighted by Gasteiger charge is 2.67. The zero-order chi connectivity index (χ0) is 26.5. The summed E-state index contributed by atoms with van der Waals surface area (Å²) in [6, 6.07) is 7.01. The number of fused-ring (bicyclic) bond motifs is 3. The van der Waals surface area contributed by atoms with Crippen LogP contribution in [0.5, 0.6) is 5.75 Å². The fourth-order valence-corrected chi connectivity index (χ4v) is 5.98. The van der Waals surface area contributed by atoms with Gasteiger partial charge in [0.2, 0.25) is 5.78 Å². The molecule has 2 aromatic rings. The van der Waals surface area contributed by atoms with Gasteiger partial charge in [-0.2, -0.15) is 0 Å². The van der Waals surface area contributed by atoms with Gasteiger partial charge in [-0.3, -0.25) is 14.4 Å². The third kappa shape index (κ3) is 3.91. The van der Waals surface area contributed by atoms with Gasteiger partial charge in [0.25, 0.3) is 0 Å². The Kier molecular flexibility index (Phi) is 5.92. The molecular formula is C26H26N2O9. The van der Waals surface area contributed by atoms with Crippen molar-refractivity contribution in [3.63, 3.8) is 0 Å². The Hall–Kier alpha value is -3.96. The predicted octanol–water partition coefficient (Wildman–Crippen LogP) is 1.51. The second-order valence-electron chi connectivity index (χ2n) is 9.77. The largest absolute Gasteiger partial charge is 0.508 e. The molecule has 3 aliphatic rings. The van der Waals surface area contributed by atoms with Gasteiger partial charge in [0.15, 0.2) is 5.76 Å². The number of methoxy groups -OCH3 is 1. The highest BCUT2D eigenvalue weighted by molar-refractivity contribution is 6.04. The average molecular weight is 510 g/mol. The van der Waals surface area contributed by atoms with Crippen molar-refractivity contribution in [2.75, 3.05) is 7.11 Å². The maximum atomic E-state index is 13.9. The zero-order valence-electron chi connectivity index (χ0n) is 19.9. The molecule has 1 saturated heterocycles. The second kappa shape index (κ2) is 8.86. The molecule has 5 rings (SSSR count). The van der Waals surface area contributed by atoms with Crippen LogP contribution < -0.4 is 11.5 Å². The second-order valence-corrected chi connectivity index (χ2v) is 9.77. The molecule has 0 unspecified atom stereocenters. The lowest BCUT2D eigenvalue weighted by Crippen LogP contribution is -2.76. The molecule has 1 aromatic heterocycles. The number of allylic oxidation sites excluding steroid dienone is 1. The summed E-state index contributed by atoms with van der Waals surface area (Å²) in [7, 11) is 1.18. The Morgan fingerprint density at radius 1 is 1.16 bits per heavy atom. The minimum Gasteiger partial charge on any atom is -0.508 e. The Balaban J connectivity index is 1.57. The van der Waals surface area contributed by atoms with E-state index in [0.717, 1.165) is 0 Å². The highest BCUT2D eigenvalue weighted by Crippen LogP contribution is 2.55. The third-order valence-corrected chi connectivity index (χ3v) is 7.73. The van der Waals surface area contributed by atoms with Gasteiger partial charge in [-0.05, 0) is 43.2 Å². The maximum absolute atomic E-state index is 13.9. The molecule has 194 valence electrons. The number of nitrogens with two attached hydrogens (primary N) is 2. The number of furan rings is 1. The lowest BCUT2D eigenvalue weighted by molar-refractivity contribution is -0.179. The molecule has 0 radical (unpaired) electrons. The van der Waals surface area contributed by atoms with Gasteiger partial charge in [0, 0.05) is 23.1 Å². The number of benzene rings is 1. The van der Waals surface area contributed by atoms with Crippen LogP contribution in [0.2, 0.25) is 0 Å². The molecule has 11 nitrogen and oxygen atoms in total. The van der Waals surface area contributed by atoms with E-state index in [2.05, 4.69) is 0 Å². The molecule has 2 aliphatic carbocycles. The van der Waals surface area contributed by atoms with Gasteiger partial charge in [-0.1, -0.05) is 6.07 Å². The van der Waals surface area contributed by atoms with Crippen LogP contribution in [0.4, 0.5) is 0 Å². The fraction of sp³-hybridized carbons (Fsp3) is 0.385. The highest BCUT2D eigenvalue weighted by atomic mass is 16.6. The van der Waals surface area contributed by atoms with E-state index in [9.17, 15) is 24.3 Å². The van der Waals surface area contributed by atoms with E-state index in [4.69, 9.17) is 30.1 Å². The summed E-state index contributed by atoms with van der Waals surface area (Å²) >= 11 is 0. The minimum atomic E-state index is -1.52. The van der Waals surface area contributed by atoms with Crippen LogP contribution in [-0.2, 0) is 28.6 Å². The fourth-order valence-electron chi connectivity index (χ4n) is 5.98. The van der Waals surface area contributed by atoms with Crippen molar-refractivity contribution < 1.29 is 42.9 Å². The minimum absolute atomic E-state index is 0.0156. The zero-order valence-corrected chi connectivity index (χ0v) is 19.9. The number of aromatic hydroxyl groups is 1. The smallest absolute Gasteiger partial charge is 0.343 e. The summed E-state index contributed by atoms with van der Waals surface area (Å²) in [5, 5.41) is 9.71. The number of esters is 3. The first-order valence-electron chi connectivity index (χ1n) is 11.7. The molecule has 0 spiro atoms. The maximum Gasteiger partial charge on any atom is 0.343 e. The van der Waals surface area contributed by atoms with Gasteiger partial charge >= 0.3 is 17.9 Å². The van der Waals surface area contributed by atoms with Gasteiger partial charge in [0.1, 0.15) is 11.9 Å². The molecular weight excluding hydrogens is 484 g/mol. The molecule has 11 heteroatoms. The number of cyclic esters (lactones) is 1. The molecule has 0 bridgehead atoms. The Bertz CT molecular complexity index is 1300. The van der Waals surface area contributed by atoms with Gasteiger partial charge in [-0.25, -0.2) is 4.79 Å². The summed E-state index contributed by atoms with van der Waals surface area (Å²) in [5.74, 6) is -6.89. The number of ether oxygens (including phenoxy) is 3. The van der Waals surface area contributed by atoms with Crippen molar-refractivity contribution in [3.05, 3.63) is 65.8 Å². The van der Waals surface area contributed by atoms with Crippen molar-refractivity contribution in [1.29, 1.82) is 0 Å². The summed E-state index contributed by atoms with van der Waals surface area (Å²) in [6.07, 6.45) is 3.54. The summed E-state index contributed by atoms with van der Waals surface area (Å²) in [6.45, 7) is 0. The Labute approximate surface area is 211 Å². The van der Waals surface area contributed by atoms with E-state index in [1.54, 1.807) is 6.07 Å². The first-order chi connectivity index (χ1) is 17.6. The van der Waals surface area contributed by atoms with E-state index in [1.807, 2.05) is 0 Å². The Morgan fingerprint density at radius 2 is 1.95 bits per heavy atom. The summed E-state index contributed by atoms with van der Waals surface area (Å²) in [4.78, 5) is 52.7. The Morgan fingerprint density at radius 3 is 2.62 bits per heavy atom. The lowest BCUT2D eigenvalue weighted by Gasteiger charge is -2.58. The van der Waals surface area contributed by atoms with E-state index in [0.29, 0.717) is 5.56 Å². The van der Waals surface area contributed by atoms with Crippen LogP contribution in [0.3, 0.4) is 0 Å². The van der Waals surface area contributed by atoms with Crippen molar-refractivity contribution in [1.82, 2.24) is 0 Å². The standard InChI is InChI=1S/C26H26N2O9/c1-34-23(32)17-10-18(36-22(31)13-3-2-4-15(29)9-13)20(30)21-25(17,27)7-5-16-24(33)37-19(11-26(16,21)28)14-6-8-35-12-14/h2-4,6,8-10,12,16-17,19,21,29H,5,7,11,27-28H2,1H3/t16-,17-,19-,21-,25+,26+/m0/s1. The van der Waals surface area contributed by atoms with Crippen LogP contribution in [0.15, 0.2) is 59.1 Å². The number of rotatable bonds is 4. The topological polar surface area (TPSA) is 181 Å². The molecule has 2 heterocycles. The van der Waals surface area contributed by atoms with E-state index in [-0.39, 0.29) is 30.6 Å². The molecule has 5 N–H and O–H groups in total. The van der Waals surface area contributed by atoms with Crippen LogP contribution in [-0.4, -0.2) is 47.0 Å². The number of phenols is 1. The molecule has 6 atom stereocenters. The predicted molar refractivity (Wildman–Crippen MR) is 124 cm³/mol. The first-order valence-corrected chi connectivity index (χ1v) is 11.7. The molecule has 0 amide bonds. The van der Waals surface area contributed by atoms with Gasteiger partial charge in [-0.15, -0.1) is 0 Å². The molecule has 2 fully saturated rings. The average Bonchev–Trinajstić information content (AvgIpc) is 3.39. The van der Waals surface area contributed by atoms with E-state index < -0.39 is 64.4 Å². The molecule has 37 heavy (non-hydrogen) atoms. The van der Waals surface area contributed by atoms with Crippen molar-refractivity contribution in [3.8, 4) is 5.75 Å².